The molecular formula is C27H24N2O5. The van der Waals surface area contributed by atoms with Gasteiger partial charge in [-0.3, -0.25) is 9.78 Å². The lowest BCUT2D eigenvalue weighted by Gasteiger charge is -2.31. The van der Waals surface area contributed by atoms with Gasteiger partial charge in [-0.25, -0.2) is 4.79 Å². The molecule has 3 aromatic rings. The zero-order valence-electron chi connectivity index (χ0n) is 18.9. The van der Waals surface area contributed by atoms with Gasteiger partial charge in [-0.05, 0) is 60.5 Å². The number of nitrogens with zero attached hydrogens (tertiary/aromatic N) is 1. The van der Waals surface area contributed by atoms with Crippen molar-refractivity contribution >= 4 is 11.9 Å². The summed E-state index contributed by atoms with van der Waals surface area (Å²) in [6.07, 6.45) is 1.63. The average Bonchev–Trinajstić information content (AvgIpc) is 2.85. The van der Waals surface area contributed by atoms with Gasteiger partial charge in [0.15, 0.2) is 0 Å². The number of aliphatic hydroxyl groups is 1. The van der Waals surface area contributed by atoms with Crippen LogP contribution in [0.3, 0.4) is 0 Å². The molecule has 0 spiro atoms. The Balaban J connectivity index is 1.44. The number of hydrogen-bond donors (Lipinski definition) is 2. The Kier molecular flexibility index (Phi) is 6.73. The molecule has 0 radical (unpaired) electrons. The van der Waals surface area contributed by atoms with Gasteiger partial charge in [0, 0.05) is 22.9 Å². The number of rotatable bonds is 4. The summed E-state index contributed by atoms with van der Waals surface area (Å²) in [5, 5.41) is 13.4. The standard InChI is InChI=1S/C27H24N2O5/c1-27(32)17-34-16-22-9-8-20(14-24(22)27)25(30)29-15-23-13-19(10-11-28-23)7-6-18-4-3-5-21(12-18)26(31)33-2/h3-5,8-14,32H,15-17H2,1-2H3,(H,29,30)/t27-/m1/s1. The molecule has 1 atom stereocenters. The minimum absolute atomic E-state index is 0.190. The second-order valence-electron chi connectivity index (χ2n) is 8.18. The molecule has 2 heterocycles. The van der Waals surface area contributed by atoms with Crippen molar-refractivity contribution in [1.29, 1.82) is 0 Å². The SMILES string of the molecule is COC(=O)c1cccc(C#Cc2ccnc(CNC(=O)c3ccc4c(c3)[C@](C)(O)COC4)c2)c1. The Morgan fingerprint density at radius 1 is 1.12 bits per heavy atom. The van der Waals surface area contributed by atoms with Crippen molar-refractivity contribution in [3.8, 4) is 11.8 Å². The Labute approximate surface area is 197 Å². The van der Waals surface area contributed by atoms with Crippen LogP contribution in [0.2, 0.25) is 0 Å². The van der Waals surface area contributed by atoms with Crippen molar-refractivity contribution in [3.63, 3.8) is 0 Å². The smallest absolute Gasteiger partial charge is 0.337 e. The van der Waals surface area contributed by atoms with E-state index in [-0.39, 0.29) is 19.1 Å². The summed E-state index contributed by atoms with van der Waals surface area (Å²) < 4.78 is 10.1. The van der Waals surface area contributed by atoms with Crippen LogP contribution in [0, 0.1) is 11.8 Å². The zero-order valence-corrected chi connectivity index (χ0v) is 18.9. The van der Waals surface area contributed by atoms with Crippen molar-refractivity contribution < 1.29 is 24.2 Å². The van der Waals surface area contributed by atoms with E-state index < -0.39 is 11.6 Å². The van der Waals surface area contributed by atoms with Gasteiger partial charge in [-0.2, -0.15) is 0 Å². The maximum Gasteiger partial charge on any atom is 0.337 e. The van der Waals surface area contributed by atoms with Gasteiger partial charge in [-0.15, -0.1) is 0 Å². The second kappa shape index (κ2) is 9.87. The number of benzene rings is 2. The molecule has 7 heteroatoms. The van der Waals surface area contributed by atoms with E-state index in [4.69, 9.17) is 9.47 Å². The predicted molar refractivity (Wildman–Crippen MR) is 125 cm³/mol. The largest absolute Gasteiger partial charge is 0.465 e. The Hall–Kier alpha value is -3.99. The lowest BCUT2D eigenvalue weighted by Crippen LogP contribution is -2.34. The van der Waals surface area contributed by atoms with Crippen LogP contribution in [0.4, 0.5) is 0 Å². The quantitative estimate of drug-likeness (QED) is 0.463. The molecule has 0 aliphatic carbocycles. The molecule has 1 aliphatic rings. The van der Waals surface area contributed by atoms with E-state index in [1.807, 2.05) is 12.1 Å². The summed E-state index contributed by atoms with van der Waals surface area (Å²) >= 11 is 0. The summed E-state index contributed by atoms with van der Waals surface area (Å²) in [6.45, 7) is 2.51. The fourth-order valence-electron chi connectivity index (χ4n) is 3.69. The highest BCUT2D eigenvalue weighted by Crippen LogP contribution is 2.30. The molecule has 0 fully saturated rings. The van der Waals surface area contributed by atoms with E-state index in [0.29, 0.717) is 34.6 Å². The topological polar surface area (TPSA) is 97.8 Å². The number of nitrogens with one attached hydrogen (secondary N) is 1. The molecule has 2 aromatic carbocycles. The number of amides is 1. The van der Waals surface area contributed by atoms with Gasteiger partial charge >= 0.3 is 5.97 Å². The Morgan fingerprint density at radius 2 is 1.91 bits per heavy atom. The number of pyridine rings is 1. The number of methoxy groups -OCH3 is 1. The summed E-state index contributed by atoms with van der Waals surface area (Å²) in [5.74, 6) is 5.41. The van der Waals surface area contributed by atoms with E-state index in [0.717, 1.165) is 11.1 Å². The lowest BCUT2D eigenvalue weighted by atomic mass is 9.89. The van der Waals surface area contributed by atoms with Gasteiger partial charge < -0.3 is 19.9 Å². The summed E-state index contributed by atoms with van der Waals surface area (Å²) in [4.78, 5) is 28.7. The van der Waals surface area contributed by atoms with Crippen LogP contribution in [-0.2, 0) is 28.2 Å². The second-order valence-corrected chi connectivity index (χ2v) is 8.18. The summed E-state index contributed by atoms with van der Waals surface area (Å²) in [6, 6.07) is 15.7. The minimum atomic E-state index is -1.13. The van der Waals surface area contributed by atoms with Crippen LogP contribution in [-0.4, -0.2) is 35.7 Å². The maximum absolute atomic E-state index is 12.7. The first-order chi connectivity index (χ1) is 16.4. The van der Waals surface area contributed by atoms with Gasteiger partial charge in [0.2, 0.25) is 0 Å². The first kappa shape index (κ1) is 23.2. The highest BCUT2D eigenvalue weighted by molar-refractivity contribution is 5.94. The average molecular weight is 456 g/mol. The van der Waals surface area contributed by atoms with Crippen molar-refractivity contribution in [2.45, 2.75) is 25.7 Å². The Bertz CT molecular complexity index is 1300. The van der Waals surface area contributed by atoms with Crippen LogP contribution >= 0.6 is 0 Å². The number of hydrogen-bond acceptors (Lipinski definition) is 6. The molecule has 0 bridgehead atoms. The molecule has 7 nitrogen and oxygen atoms in total. The van der Waals surface area contributed by atoms with E-state index in [1.165, 1.54) is 7.11 Å². The lowest BCUT2D eigenvalue weighted by molar-refractivity contribution is -0.0603. The molecule has 1 amide bonds. The van der Waals surface area contributed by atoms with Crippen LogP contribution in [0.15, 0.2) is 60.8 Å². The van der Waals surface area contributed by atoms with E-state index in [1.54, 1.807) is 55.6 Å². The van der Waals surface area contributed by atoms with Gasteiger partial charge in [0.05, 0.1) is 38.1 Å². The molecule has 172 valence electrons. The summed E-state index contributed by atoms with van der Waals surface area (Å²) in [7, 11) is 1.34. The molecule has 2 N–H and O–H groups in total. The van der Waals surface area contributed by atoms with Crippen molar-refractivity contribution in [2.24, 2.45) is 0 Å². The molecule has 1 aliphatic heterocycles. The molecule has 0 unspecified atom stereocenters. The van der Waals surface area contributed by atoms with Crippen molar-refractivity contribution in [3.05, 3.63) is 99.9 Å². The van der Waals surface area contributed by atoms with Crippen LogP contribution in [0.5, 0.6) is 0 Å². The van der Waals surface area contributed by atoms with E-state index in [9.17, 15) is 14.7 Å². The fourth-order valence-corrected chi connectivity index (χ4v) is 3.69. The van der Waals surface area contributed by atoms with E-state index in [2.05, 4.69) is 22.1 Å². The highest BCUT2D eigenvalue weighted by Gasteiger charge is 2.31. The zero-order chi connectivity index (χ0) is 24.1. The molecule has 1 aromatic heterocycles. The third-order valence-electron chi connectivity index (χ3n) is 5.47. The third-order valence-corrected chi connectivity index (χ3v) is 5.47. The normalized spacial score (nSPS) is 16.6. The molecule has 0 saturated carbocycles. The number of esters is 1. The first-order valence-corrected chi connectivity index (χ1v) is 10.7. The van der Waals surface area contributed by atoms with Crippen LogP contribution < -0.4 is 5.32 Å². The van der Waals surface area contributed by atoms with Crippen molar-refractivity contribution in [2.75, 3.05) is 13.7 Å². The maximum atomic E-state index is 12.7. The monoisotopic (exact) mass is 456 g/mol. The number of ether oxygens (including phenoxy) is 2. The van der Waals surface area contributed by atoms with Gasteiger partial charge in [-0.1, -0.05) is 24.0 Å². The summed E-state index contributed by atoms with van der Waals surface area (Å²) in [5.41, 5.74) is 3.41. The predicted octanol–water partition coefficient (Wildman–Crippen LogP) is 2.94. The molecule has 4 rings (SSSR count). The van der Waals surface area contributed by atoms with Gasteiger partial charge in [0.1, 0.15) is 5.60 Å². The number of carbonyl (C=O) groups excluding carboxylic acids is 2. The molecule has 34 heavy (non-hydrogen) atoms. The number of aromatic nitrogens is 1. The third kappa shape index (κ3) is 5.31. The Morgan fingerprint density at radius 3 is 2.71 bits per heavy atom. The number of fused-ring (bicyclic) bond motifs is 1. The highest BCUT2D eigenvalue weighted by atomic mass is 16.5. The van der Waals surface area contributed by atoms with Crippen LogP contribution in [0.1, 0.15) is 55.6 Å². The van der Waals surface area contributed by atoms with Crippen LogP contribution in [0.25, 0.3) is 0 Å². The van der Waals surface area contributed by atoms with E-state index >= 15 is 0 Å². The number of carbonyl (C=O) groups is 2. The minimum Gasteiger partial charge on any atom is -0.465 e. The molecule has 0 saturated heterocycles. The van der Waals surface area contributed by atoms with Crippen molar-refractivity contribution in [1.82, 2.24) is 10.3 Å². The van der Waals surface area contributed by atoms with Gasteiger partial charge in [0.25, 0.3) is 5.91 Å². The molecular weight excluding hydrogens is 432 g/mol. The first-order valence-electron chi connectivity index (χ1n) is 10.7. The fraction of sp³-hybridized carbons (Fsp3) is 0.222.